The number of morpholine rings is 1. The molecule has 8 nitrogen and oxygen atoms in total. The molecule has 4 rings (SSSR count). The van der Waals surface area contributed by atoms with Gasteiger partial charge in [0.15, 0.2) is 11.1 Å². The van der Waals surface area contributed by atoms with Gasteiger partial charge in [0.05, 0.1) is 25.8 Å². The van der Waals surface area contributed by atoms with E-state index < -0.39 is 0 Å². The Morgan fingerprint density at radius 3 is 2.59 bits per heavy atom. The average Bonchev–Trinajstić information content (AvgIpc) is 3.41. The first-order valence-electron chi connectivity index (χ1n) is 9.78. The molecule has 0 saturated carbocycles. The predicted octanol–water partition coefficient (Wildman–Crippen LogP) is 2.17. The van der Waals surface area contributed by atoms with Crippen LogP contribution in [0.2, 0.25) is 0 Å². The maximum atomic E-state index is 6.34. The molecule has 0 radical (unpaired) electrons. The number of thiazole rings is 1. The van der Waals surface area contributed by atoms with E-state index in [1.807, 2.05) is 30.6 Å². The summed E-state index contributed by atoms with van der Waals surface area (Å²) in [5.41, 5.74) is 6.34. The largest absolute Gasteiger partial charge is 0.465 e. The fraction of sp³-hybridized carbons (Fsp3) is 0.579. The molecule has 160 valence electrons. The van der Waals surface area contributed by atoms with Gasteiger partial charge in [0.1, 0.15) is 11.5 Å². The first kappa shape index (κ1) is 22.3. The molecule has 1 unspecified atom stereocenters. The van der Waals surface area contributed by atoms with Gasteiger partial charge < -0.3 is 24.7 Å². The Bertz CT molecular complexity index is 770. The monoisotopic (exact) mass is 532 g/mol. The SMILES string of the molecule is Cc1ccc(C(CN=C(N)N2CCN(c3nccs3)CC2)N2CCOCC2)o1.I. The van der Waals surface area contributed by atoms with E-state index in [4.69, 9.17) is 19.9 Å². The van der Waals surface area contributed by atoms with E-state index >= 15 is 0 Å². The van der Waals surface area contributed by atoms with Gasteiger partial charge in [-0.1, -0.05) is 0 Å². The zero-order valence-corrected chi connectivity index (χ0v) is 19.8. The Morgan fingerprint density at radius 2 is 1.97 bits per heavy atom. The number of aromatic nitrogens is 1. The van der Waals surface area contributed by atoms with Crippen molar-refractivity contribution in [3.8, 4) is 0 Å². The minimum atomic E-state index is 0. The summed E-state index contributed by atoms with van der Waals surface area (Å²) in [5, 5.41) is 3.09. The van der Waals surface area contributed by atoms with Gasteiger partial charge in [-0.2, -0.15) is 0 Å². The van der Waals surface area contributed by atoms with Gasteiger partial charge in [0, 0.05) is 50.8 Å². The second-order valence-electron chi connectivity index (χ2n) is 7.10. The van der Waals surface area contributed by atoms with Crippen molar-refractivity contribution in [1.82, 2.24) is 14.8 Å². The molecule has 29 heavy (non-hydrogen) atoms. The van der Waals surface area contributed by atoms with Crippen LogP contribution < -0.4 is 10.6 Å². The van der Waals surface area contributed by atoms with Crippen molar-refractivity contribution in [2.75, 3.05) is 63.9 Å². The lowest BCUT2D eigenvalue weighted by Crippen LogP contribution is -2.51. The second kappa shape index (κ2) is 10.6. The summed E-state index contributed by atoms with van der Waals surface area (Å²) in [6.07, 6.45) is 1.85. The number of piperazine rings is 1. The lowest BCUT2D eigenvalue weighted by atomic mass is 10.1. The zero-order valence-electron chi connectivity index (χ0n) is 16.7. The van der Waals surface area contributed by atoms with Gasteiger partial charge in [-0.25, -0.2) is 4.98 Å². The van der Waals surface area contributed by atoms with Crippen LogP contribution in [0.1, 0.15) is 17.6 Å². The molecule has 2 aliphatic rings. The minimum Gasteiger partial charge on any atom is -0.465 e. The number of anilines is 1. The van der Waals surface area contributed by atoms with Crippen LogP contribution in [0.5, 0.6) is 0 Å². The Labute approximate surface area is 192 Å². The molecule has 2 aromatic heterocycles. The summed E-state index contributed by atoms with van der Waals surface area (Å²) in [6, 6.07) is 4.15. The number of aryl methyl sites for hydroxylation is 1. The number of furan rings is 1. The summed E-state index contributed by atoms with van der Waals surface area (Å²) in [7, 11) is 0. The highest BCUT2D eigenvalue weighted by molar-refractivity contribution is 14.0. The predicted molar refractivity (Wildman–Crippen MR) is 126 cm³/mol. The summed E-state index contributed by atoms with van der Waals surface area (Å²) < 4.78 is 11.4. The zero-order chi connectivity index (χ0) is 19.3. The number of halogens is 1. The highest BCUT2D eigenvalue weighted by atomic mass is 127. The third kappa shape index (κ3) is 5.62. The van der Waals surface area contributed by atoms with Crippen molar-refractivity contribution in [3.63, 3.8) is 0 Å². The van der Waals surface area contributed by atoms with E-state index in [1.165, 1.54) is 0 Å². The lowest BCUT2D eigenvalue weighted by Gasteiger charge is -2.36. The molecule has 0 bridgehead atoms. The first-order chi connectivity index (χ1) is 13.7. The summed E-state index contributed by atoms with van der Waals surface area (Å²) in [4.78, 5) is 16.0. The Morgan fingerprint density at radius 1 is 1.21 bits per heavy atom. The van der Waals surface area contributed by atoms with Crippen LogP contribution >= 0.6 is 35.3 Å². The number of aliphatic imine (C=N–C) groups is 1. The van der Waals surface area contributed by atoms with Crippen LogP contribution in [0.4, 0.5) is 5.13 Å². The standard InChI is InChI=1S/C19H28N6O2S.HI/c1-15-2-3-17(27-15)16(23-9-11-26-12-10-23)14-22-18(20)24-5-7-25(8-6-24)19-21-4-13-28-19;/h2-4,13,16H,5-12,14H2,1H3,(H2,20,22);1H. The van der Waals surface area contributed by atoms with E-state index in [2.05, 4.69) is 19.7 Å². The van der Waals surface area contributed by atoms with Crippen molar-refractivity contribution >= 4 is 46.4 Å². The van der Waals surface area contributed by atoms with Crippen LogP contribution in [0.15, 0.2) is 33.1 Å². The normalized spacial score (nSPS) is 19.8. The smallest absolute Gasteiger partial charge is 0.191 e. The number of ether oxygens (including phenoxy) is 1. The number of guanidine groups is 1. The molecule has 2 saturated heterocycles. The van der Waals surface area contributed by atoms with Gasteiger partial charge in [-0.15, -0.1) is 35.3 Å². The van der Waals surface area contributed by atoms with Crippen molar-refractivity contribution in [2.24, 2.45) is 10.7 Å². The topological polar surface area (TPSA) is 83.4 Å². The van der Waals surface area contributed by atoms with E-state index in [9.17, 15) is 0 Å². The molecule has 0 aliphatic carbocycles. The molecular weight excluding hydrogens is 503 g/mol. The molecule has 4 heterocycles. The molecule has 2 fully saturated rings. The lowest BCUT2D eigenvalue weighted by molar-refractivity contribution is 0.0135. The maximum absolute atomic E-state index is 6.34. The number of nitrogens with two attached hydrogens (primary N) is 1. The van der Waals surface area contributed by atoms with Gasteiger partial charge in [0.25, 0.3) is 0 Å². The summed E-state index contributed by atoms with van der Waals surface area (Å²) >= 11 is 1.68. The van der Waals surface area contributed by atoms with Crippen LogP contribution in [-0.4, -0.2) is 79.8 Å². The molecular formula is C19H29IN6O2S. The number of hydrogen-bond acceptors (Lipinski definition) is 7. The van der Waals surface area contributed by atoms with Crippen molar-refractivity contribution in [2.45, 2.75) is 13.0 Å². The average molecular weight is 532 g/mol. The summed E-state index contributed by atoms with van der Waals surface area (Å²) in [5.74, 6) is 2.48. The number of rotatable bonds is 5. The molecule has 2 N–H and O–H groups in total. The van der Waals surface area contributed by atoms with Crippen molar-refractivity contribution in [1.29, 1.82) is 0 Å². The van der Waals surface area contributed by atoms with Gasteiger partial charge >= 0.3 is 0 Å². The van der Waals surface area contributed by atoms with E-state index in [1.54, 1.807) is 11.3 Å². The molecule has 10 heteroatoms. The van der Waals surface area contributed by atoms with E-state index in [0.29, 0.717) is 12.5 Å². The molecule has 0 amide bonds. The molecule has 0 aromatic carbocycles. The van der Waals surface area contributed by atoms with E-state index in [0.717, 1.165) is 69.1 Å². The molecule has 0 spiro atoms. The number of nitrogens with zero attached hydrogens (tertiary/aromatic N) is 5. The molecule has 2 aliphatic heterocycles. The molecule has 2 aromatic rings. The van der Waals surface area contributed by atoms with Gasteiger partial charge in [-0.05, 0) is 19.1 Å². The Balaban J connectivity index is 0.00000240. The first-order valence-corrected chi connectivity index (χ1v) is 10.7. The maximum Gasteiger partial charge on any atom is 0.191 e. The van der Waals surface area contributed by atoms with Gasteiger partial charge in [0.2, 0.25) is 0 Å². The Hall–Kier alpha value is -1.37. The fourth-order valence-corrected chi connectivity index (χ4v) is 4.38. The highest BCUT2D eigenvalue weighted by Crippen LogP contribution is 2.24. The van der Waals surface area contributed by atoms with E-state index in [-0.39, 0.29) is 30.0 Å². The van der Waals surface area contributed by atoms with Crippen LogP contribution in [-0.2, 0) is 4.74 Å². The summed E-state index contributed by atoms with van der Waals surface area (Å²) in [6.45, 7) is 9.35. The second-order valence-corrected chi connectivity index (χ2v) is 7.97. The third-order valence-corrected chi connectivity index (χ3v) is 6.13. The molecule has 1 atom stereocenters. The van der Waals surface area contributed by atoms with Crippen LogP contribution in [0.25, 0.3) is 0 Å². The highest BCUT2D eigenvalue weighted by Gasteiger charge is 2.26. The van der Waals surface area contributed by atoms with Crippen LogP contribution in [0, 0.1) is 6.92 Å². The minimum absolute atomic E-state index is 0. The number of hydrogen-bond donors (Lipinski definition) is 1. The third-order valence-electron chi connectivity index (χ3n) is 5.30. The van der Waals surface area contributed by atoms with Gasteiger partial charge in [-0.3, -0.25) is 9.89 Å². The van der Waals surface area contributed by atoms with Crippen molar-refractivity contribution < 1.29 is 9.15 Å². The van der Waals surface area contributed by atoms with Crippen molar-refractivity contribution in [3.05, 3.63) is 35.2 Å². The Kier molecular flexibility index (Phi) is 8.16. The quantitative estimate of drug-likeness (QED) is 0.359. The van der Waals surface area contributed by atoms with Crippen LogP contribution in [0.3, 0.4) is 0 Å². The fourth-order valence-electron chi connectivity index (χ4n) is 3.69.